The molecule has 4 nitrogen and oxygen atoms in total. The van der Waals surface area contributed by atoms with E-state index in [4.69, 9.17) is 11.6 Å². The SMILES string of the molecule is Cc1nn(C)cc1C(=O)N1CCC[C@H](c2ccc(Cl)cc2)C1. The Balaban J connectivity index is 1.76. The molecule has 0 N–H and O–H groups in total. The summed E-state index contributed by atoms with van der Waals surface area (Å²) in [6, 6.07) is 7.97. The second-order valence-electron chi connectivity index (χ2n) is 5.94. The van der Waals surface area contributed by atoms with E-state index in [9.17, 15) is 4.79 Å². The third-order valence-electron chi connectivity index (χ3n) is 4.29. The van der Waals surface area contributed by atoms with Crippen LogP contribution < -0.4 is 0 Å². The number of piperidine rings is 1. The van der Waals surface area contributed by atoms with Gasteiger partial charge in [0, 0.05) is 37.3 Å². The molecule has 22 heavy (non-hydrogen) atoms. The summed E-state index contributed by atoms with van der Waals surface area (Å²) < 4.78 is 1.70. The molecule has 1 aromatic heterocycles. The molecular weight excluding hydrogens is 298 g/mol. The zero-order valence-electron chi connectivity index (χ0n) is 12.9. The lowest BCUT2D eigenvalue weighted by Gasteiger charge is -2.33. The maximum atomic E-state index is 12.7. The molecule has 1 fully saturated rings. The lowest BCUT2D eigenvalue weighted by atomic mass is 9.90. The van der Waals surface area contributed by atoms with Crippen LogP contribution in [0.2, 0.25) is 5.02 Å². The highest BCUT2D eigenvalue weighted by molar-refractivity contribution is 6.30. The van der Waals surface area contributed by atoms with E-state index >= 15 is 0 Å². The van der Waals surface area contributed by atoms with E-state index in [1.807, 2.05) is 37.2 Å². The van der Waals surface area contributed by atoms with E-state index in [0.29, 0.717) is 11.5 Å². The van der Waals surface area contributed by atoms with Crippen LogP contribution in [0.5, 0.6) is 0 Å². The van der Waals surface area contributed by atoms with Gasteiger partial charge in [0.2, 0.25) is 0 Å². The summed E-state index contributed by atoms with van der Waals surface area (Å²) in [5.74, 6) is 0.469. The highest BCUT2D eigenvalue weighted by Gasteiger charge is 2.27. The standard InChI is InChI=1S/C17H20ClN3O/c1-12-16(11-20(2)19-12)17(22)21-9-3-4-14(10-21)13-5-7-15(18)8-6-13/h5-8,11,14H,3-4,9-10H2,1-2H3/t14-/m0/s1. The molecular formula is C17H20ClN3O. The van der Waals surface area contributed by atoms with Crippen LogP contribution in [-0.4, -0.2) is 33.7 Å². The van der Waals surface area contributed by atoms with Crippen molar-refractivity contribution in [2.75, 3.05) is 13.1 Å². The van der Waals surface area contributed by atoms with Crippen molar-refractivity contribution in [2.45, 2.75) is 25.7 Å². The number of likely N-dealkylation sites (tertiary alicyclic amines) is 1. The minimum atomic E-state index is 0.0873. The van der Waals surface area contributed by atoms with Crippen molar-refractivity contribution >= 4 is 17.5 Å². The van der Waals surface area contributed by atoms with Crippen LogP contribution in [0.15, 0.2) is 30.5 Å². The lowest BCUT2D eigenvalue weighted by molar-refractivity contribution is 0.0706. The number of hydrogen-bond acceptors (Lipinski definition) is 2. The molecule has 1 aliphatic heterocycles. The zero-order chi connectivity index (χ0) is 15.7. The van der Waals surface area contributed by atoms with Gasteiger partial charge < -0.3 is 4.90 Å². The zero-order valence-corrected chi connectivity index (χ0v) is 13.7. The van der Waals surface area contributed by atoms with Crippen LogP contribution in [0, 0.1) is 6.92 Å². The van der Waals surface area contributed by atoms with Gasteiger partial charge in [0.05, 0.1) is 11.3 Å². The molecule has 5 heteroatoms. The number of rotatable bonds is 2. The van der Waals surface area contributed by atoms with Gasteiger partial charge in [-0.15, -0.1) is 0 Å². The first-order chi connectivity index (χ1) is 10.5. The number of aromatic nitrogens is 2. The summed E-state index contributed by atoms with van der Waals surface area (Å²) in [7, 11) is 1.84. The predicted octanol–water partition coefficient (Wildman–Crippen LogP) is 3.40. The second kappa shape index (κ2) is 6.13. The summed E-state index contributed by atoms with van der Waals surface area (Å²) >= 11 is 5.96. The first kappa shape index (κ1) is 15.1. The van der Waals surface area contributed by atoms with Gasteiger partial charge in [0.1, 0.15) is 0 Å². The average Bonchev–Trinajstić information content (AvgIpc) is 2.86. The van der Waals surface area contributed by atoms with E-state index < -0.39 is 0 Å². The summed E-state index contributed by atoms with van der Waals surface area (Å²) in [5, 5.41) is 5.02. The van der Waals surface area contributed by atoms with Gasteiger partial charge >= 0.3 is 0 Å². The van der Waals surface area contributed by atoms with Crippen molar-refractivity contribution in [3.63, 3.8) is 0 Å². The van der Waals surface area contributed by atoms with E-state index in [2.05, 4.69) is 17.2 Å². The monoisotopic (exact) mass is 317 g/mol. The summed E-state index contributed by atoms with van der Waals surface area (Å²) in [6.45, 7) is 3.46. The first-order valence-electron chi connectivity index (χ1n) is 7.59. The van der Waals surface area contributed by atoms with Gasteiger partial charge in [0.15, 0.2) is 0 Å². The Morgan fingerprint density at radius 3 is 2.68 bits per heavy atom. The number of hydrogen-bond donors (Lipinski definition) is 0. The quantitative estimate of drug-likeness (QED) is 0.851. The first-order valence-corrected chi connectivity index (χ1v) is 7.97. The number of aryl methyl sites for hydroxylation is 2. The van der Waals surface area contributed by atoms with Crippen molar-refractivity contribution in [1.29, 1.82) is 0 Å². The Bertz CT molecular complexity index is 678. The Kier molecular flexibility index (Phi) is 4.21. The third kappa shape index (κ3) is 3.02. The largest absolute Gasteiger partial charge is 0.338 e. The number of nitrogens with zero attached hydrogens (tertiary/aromatic N) is 3. The van der Waals surface area contributed by atoms with Crippen LogP contribution in [0.4, 0.5) is 0 Å². The topological polar surface area (TPSA) is 38.1 Å². The fraction of sp³-hybridized carbons (Fsp3) is 0.412. The Labute approximate surface area is 135 Å². The molecule has 2 aromatic rings. The number of halogens is 1. The molecule has 0 bridgehead atoms. The van der Waals surface area contributed by atoms with Gasteiger partial charge in [-0.1, -0.05) is 23.7 Å². The molecule has 1 amide bonds. The smallest absolute Gasteiger partial charge is 0.257 e. The van der Waals surface area contributed by atoms with Crippen LogP contribution in [0.1, 0.15) is 40.4 Å². The molecule has 2 heterocycles. The van der Waals surface area contributed by atoms with E-state index in [-0.39, 0.29) is 5.91 Å². The van der Waals surface area contributed by atoms with E-state index in [1.165, 1.54) is 5.56 Å². The average molecular weight is 318 g/mol. The van der Waals surface area contributed by atoms with Crippen molar-refractivity contribution in [3.05, 3.63) is 52.3 Å². The summed E-state index contributed by atoms with van der Waals surface area (Å²) in [4.78, 5) is 14.7. The third-order valence-corrected chi connectivity index (χ3v) is 4.55. The van der Waals surface area contributed by atoms with Gasteiger partial charge in [-0.05, 0) is 37.5 Å². The van der Waals surface area contributed by atoms with E-state index in [0.717, 1.165) is 36.6 Å². The van der Waals surface area contributed by atoms with Crippen LogP contribution >= 0.6 is 11.6 Å². The molecule has 0 aliphatic carbocycles. The highest BCUT2D eigenvalue weighted by Crippen LogP contribution is 2.28. The highest BCUT2D eigenvalue weighted by atomic mass is 35.5. The van der Waals surface area contributed by atoms with Crippen molar-refractivity contribution < 1.29 is 4.79 Å². The van der Waals surface area contributed by atoms with Gasteiger partial charge in [-0.25, -0.2) is 0 Å². The van der Waals surface area contributed by atoms with Gasteiger partial charge in [-0.2, -0.15) is 5.10 Å². The Hall–Kier alpha value is -1.81. The fourth-order valence-corrected chi connectivity index (χ4v) is 3.27. The Morgan fingerprint density at radius 1 is 1.32 bits per heavy atom. The summed E-state index contributed by atoms with van der Waals surface area (Å²) in [5.41, 5.74) is 2.75. The molecule has 0 radical (unpaired) electrons. The molecule has 1 saturated heterocycles. The maximum absolute atomic E-state index is 12.7. The minimum Gasteiger partial charge on any atom is -0.338 e. The van der Waals surface area contributed by atoms with Crippen molar-refractivity contribution in [3.8, 4) is 0 Å². The molecule has 1 aromatic carbocycles. The number of benzene rings is 1. The van der Waals surface area contributed by atoms with Crippen LogP contribution in [0.3, 0.4) is 0 Å². The summed E-state index contributed by atoms with van der Waals surface area (Å²) in [6.07, 6.45) is 3.94. The molecule has 0 unspecified atom stereocenters. The molecule has 1 aliphatic rings. The van der Waals surface area contributed by atoms with Gasteiger partial charge in [-0.3, -0.25) is 9.48 Å². The fourth-order valence-electron chi connectivity index (χ4n) is 3.15. The molecule has 3 rings (SSSR count). The van der Waals surface area contributed by atoms with Crippen LogP contribution in [-0.2, 0) is 7.05 Å². The minimum absolute atomic E-state index is 0.0873. The lowest BCUT2D eigenvalue weighted by Crippen LogP contribution is -2.39. The molecule has 1 atom stereocenters. The maximum Gasteiger partial charge on any atom is 0.257 e. The predicted molar refractivity (Wildman–Crippen MR) is 87.3 cm³/mol. The second-order valence-corrected chi connectivity index (χ2v) is 6.38. The van der Waals surface area contributed by atoms with Crippen molar-refractivity contribution in [1.82, 2.24) is 14.7 Å². The molecule has 116 valence electrons. The number of carbonyl (C=O) groups is 1. The Morgan fingerprint density at radius 2 is 2.05 bits per heavy atom. The molecule has 0 spiro atoms. The van der Waals surface area contributed by atoms with Crippen LogP contribution in [0.25, 0.3) is 0 Å². The number of amides is 1. The van der Waals surface area contributed by atoms with Gasteiger partial charge in [0.25, 0.3) is 5.91 Å². The normalized spacial score (nSPS) is 18.5. The molecule has 0 saturated carbocycles. The van der Waals surface area contributed by atoms with Crippen molar-refractivity contribution in [2.24, 2.45) is 7.05 Å². The van der Waals surface area contributed by atoms with E-state index in [1.54, 1.807) is 4.68 Å². The number of carbonyl (C=O) groups excluding carboxylic acids is 1.